The molecule has 0 bridgehead atoms. The molecule has 0 saturated heterocycles. The summed E-state index contributed by atoms with van der Waals surface area (Å²) >= 11 is 4.92. The molecule has 0 radical (unpaired) electrons. The molecule has 0 aliphatic carbocycles. The molecule has 1 rings (SSSR count). The summed E-state index contributed by atoms with van der Waals surface area (Å²) in [7, 11) is 2.16. The number of nitrogens with one attached hydrogen (secondary N) is 1. The zero-order valence-corrected chi connectivity index (χ0v) is 12.3. The second kappa shape index (κ2) is 7.34. The number of benzene rings is 1. The van der Waals surface area contributed by atoms with E-state index in [1.54, 1.807) is 0 Å². The van der Waals surface area contributed by atoms with Gasteiger partial charge in [0.15, 0.2) is 0 Å². The first-order chi connectivity index (χ1) is 8.54. The van der Waals surface area contributed by atoms with E-state index in [0.29, 0.717) is 11.0 Å². The summed E-state index contributed by atoms with van der Waals surface area (Å²) in [4.78, 5) is 2.80. The van der Waals surface area contributed by atoms with E-state index in [9.17, 15) is 0 Å². The molecule has 0 aliphatic rings. The van der Waals surface area contributed by atoms with Crippen LogP contribution in [0.25, 0.3) is 0 Å². The Labute approximate surface area is 115 Å². The van der Waals surface area contributed by atoms with Crippen molar-refractivity contribution in [3.63, 3.8) is 0 Å². The van der Waals surface area contributed by atoms with Gasteiger partial charge >= 0.3 is 0 Å². The van der Waals surface area contributed by atoms with Crippen molar-refractivity contribution in [1.82, 2.24) is 4.90 Å². The molecular weight excluding hydrogens is 242 g/mol. The summed E-state index contributed by atoms with van der Waals surface area (Å²) in [5.41, 5.74) is 7.57. The van der Waals surface area contributed by atoms with Crippen molar-refractivity contribution in [3.8, 4) is 0 Å². The van der Waals surface area contributed by atoms with Crippen LogP contribution in [0.5, 0.6) is 0 Å². The van der Waals surface area contributed by atoms with E-state index in [2.05, 4.69) is 31.1 Å². The molecule has 1 aromatic carbocycles. The zero-order chi connectivity index (χ0) is 13.5. The minimum Gasteiger partial charge on any atom is -0.389 e. The molecule has 1 unspecified atom stereocenters. The molecule has 0 amide bonds. The number of likely N-dealkylation sites (N-methyl/N-ethyl adjacent to an activating group) is 1. The fraction of sp³-hybridized carbons (Fsp3) is 0.500. The van der Waals surface area contributed by atoms with Crippen LogP contribution in [0, 0.1) is 0 Å². The number of hydrogen-bond acceptors (Lipinski definition) is 3. The first-order valence-electron chi connectivity index (χ1n) is 6.38. The third-order valence-electron chi connectivity index (χ3n) is 3.31. The van der Waals surface area contributed by atoms with Crippen molar-refractivity contribution in [2.45, 2.75) is 26.3 Å². The Morgan fingerprint density at radius 3 is 2.50 bits per heavy atom. The second-order valence-corrected chi connectivity index (χ2v) is 5.05. The topological polar surface area (TPSA) is 41.3 Å². The van der Waals surface area contributed by atoms with Crippen molar-refractivity contribution in [3.05, 3.63) is 29.8 Å². The summed E-state index contributed by atoms with van der Waals surface area (Å²) in [6.07, 6.45) is 1.18. The Hall–Kier alpha value is -1.13. The van der Waals surface area contributed by atoms with Crippen molar-refractivity contribution in [2.75, 3.05) is 25.5 Å². The van der Waals surface area contributed by atoms with Crippen molar-refractivity contribution in [1.29, 1.82) is 0 Å². The van der Waals surface area contributed by atoms with E-state index < -0.39 is 0 Å². The van der Waals surface area contributed by atoms with E-state index in [4.69, 9.17) is 18.0 Å². The molecule has 1 atom stereocenters. The molecule has 1 aromatic rings. The maximum atomic E-state index is 5.56. The highest BCUT2D eigenvalue weighted by molar-refractivity contribution is 7.80. The van der Waals surface area contributed by atoms with Crippen LogP contribution >= 0.6 is 12.2 Å². The minimum absolute atomic E-state index is 0.443. The van der Waals surface area contributed by atoms with Crippen LogP contribution in [-0.2, 0) is 0 Å². The largest absolute Gasteiger partial charge is 0.389 e. The van der Waals surface area contributed by atoms with Crippen molar-refractivity contribution >= 4 is 22.9 Å². The second-order valence-electron chi connectivity index (χ2n) is 4.61. The van der Waals surface area contributed by atoms with Gasteiger partial charge in [-0.05, 0) is 44.7 Å². The summed E-state index contributed by atoms with van der Waals surface area (Å²) in [6.45, 7) is 6.43. The molecule has 3 nitrogen and oxygen atoms in total. The van der Waals surface area contributed by atoms with Crippen molar-refractivity contribution in [2.24, 2.45) is 5.73 Å². The minimum atomic E-state index is 0.443. The van der Waals surface area contributed by atoms with Crippen LogP contribution in [-0.4, -0.2) is 36.1 Å². The van der Waals surface area contributed by atoms with Crippen LogP contribution < -0.4 is 11.1 Å². The third-order valence-corrected chi connectivity index (χ3v) is 3.54. The van der Waals surface area contributed by atoms with Gasteiger partial charge in [0.05, 0.1) is 0 Å². The monoisotopic (exact) mass is 265 g/mol. The van der Waals surface area contributed by atoms with Gasteiger partial charge in [0.25, 0.3) is 0 Å². The van der Waals surface area contributed by atoms with Crippen LogP contribution in [0.15, 0.2) is 24.3 Å². The predicted octanol–water partition coefficient (Wildman–Crippen LogP) is 2.46. The van der Waals surface area contributed by atoms with Crippen LogP contribution in [0.4, 0.5) is 5.69 Å². The first-order valence-corrected chi connectivity index (χ1v) is 6.79. The quantitative estimate of drug-likeness (QED) is 0.743. The Morgan fingerprint density at radius 2 is 2.00 bits per heavy atom. The maximum Gasteiger partial charge on any atom is 0.103 e. The molecule has 18 heavy (non-hydrogen) atoms. The summed E-state index contributed by atoms with van der Waals surface area (Å²) < 4.78 is 0. The van der Waals surface area contributed by atoms with Crippen LogP contribution in [0.2, 0.25) is 0 Å². The fourth-order valence-electron chi connectivity index (χ4n) is 1.66. The molecule has 100 valence electrons. The van der Waals surface area contributed by atoms with Gasteiger partial charge in [0.2, 0.25) is 0 Å². The molecule has 0 saturated carbocycles. The van der Waals surface area contributed by atoms with Gasteiger partial charge in [-0.2, -0.15) is 0 Å². The molecule has 0 spiro atoms. The number of thiocarbonyl (C=S) groups is 1. The standard InChI is InChI=1S/C14H23N3S/c1-4-11(2)17(3)10-9-16-13-7-5-12(6-8-13)14(15)18/h5-8,11,16H,4,9-10H2,1-3H3,(H2,15,18). The molecule has 4 heteroatoms. The highest BCUT2D eigenvalue weighted by atomic mass is 32.1. The molecule has 3 N–H and O–H groups in total. The van der Waals surface area contributed by atoms with Crippen LogP contribution in [0.3, 0.4) is 0 Å². The number of anilines is 1. The highest BCUT2D eigenvalue weighted by Crippen LogP contribution is 2.09. The number of nitrogens with zero attached hydrogens (tertiary/aromatic N) is 1. The maximum absolute atomic E-state index is 5.56. The van der Waals surface area contributed by atoms with Gasteiger partial charge in [-0.25, -0.2) is 0 Å². The van der Waals surface area contributed by atoms with E-state index in [-0.39, 0.29) is 0 Å². The van der Waals surface area contributed by atoms with E-state index in [0.717, 1.165) is 24.3 Å². The SMILES string of the molecule is CCC(C)N(C)CCNc1ccc(C(N)=S)cc1. The van der Waals surface area contributed by atoms with Gasteiger partial charge < -0.3 is 16.0 Å². The lowest BCUT2D eigenvalue weighted by atomic mass is 10.2. The van der Waals surface area contributed by atoms with E-state index in [1.165, 1.54) is 6.42 Å². The Kier molecular flexibility index (Phi) is 6.09. The van der Waals surface area contributed by atoms with Gasteiger partial charge in [0, 0.05) is 30.4 Å². The molecule has 0 aromatic heterocycles. The molecular formula is C14H23N3S. The number of hydrogen-bond donors (Lipinski definition) is 2. The van der Waals surface area contributed by atoms with Gasteiger partial charge in [0.1, 0.15) is 4.99 Å². The first kappa shape index (κ1) is 14.9. The highest BCUT2D eigenvalue weighted by Gasteiger charge is 2.05. The number of rotatable bonds is 7. The van der Waals surface area contributed by atoms with Crippen LogP contribution in [0.1, 0.15) is 25.8 Å². The summed E-state index contributed by atoms with van der Waals surface area (Å²) in [6, 6.07) is 8.55. The van der Waals surface area contributed by atoms with Gasteiger partial charge in [-0.1, -0.05) is 19.1 Å². The average molecular weight is 265 g/mol. The van der Waals surface area contributed by atoms with E-state index in [1.807, 2.05) is 24.3 Å². The normalized spacial score (nSPS) is 12.4. The lowest BCUT2D eigenvalue weighted by molar-refractivity contribution is 0.261. The van der Waals surface area contributed by atoms with Crippen molar-refractivity contribution < 1.29 is 0 Å². The summed E-state index contributed by atoms with van der Waals surface area (Å²) in [5, 5.41) is 3.39. The van der Waals surface area contributed by atoms with Gasteiger partial charge in [-0.3, -0.25) is 0 Å². The lowest BCUT2D eigenvalue weighted by Gasteiger charge is -2.23. The Bertz CT molecular complexity index is 375. The van der Waals surface area contributed by atoms with E-state index >= 15 is 0 Å². The molecule has 0 aliphatic heterocycles. The predicted molar refractivity (Wildman–Crippen MR) is 83.2 cm³/mol. The van der Waals surface area contributed by atoms with Gasteiger partial charge in [-0.15, -0.1) is 0 Å². The fourth-order valence-corrected chi connectivity index (χ4v) is 1.80. The Balaban J connectivity index is 2.38. The number of nitrogens with two attached hydrogens (primary N) is 1. The lowest BCUT2D eigenvalue weighted by Crippen LogP contribution is -2.32. The third kappa shape index (κ3) is 4.63. The average Bonchev–Trinajstić information content (AvgIpc) is 2.38. The Morgan fingerprint density at radius 1 is 1.39 bits per heavy atom. The zero-order valence-electron chi connectivity index (χ0n) is 11.4. The summed E-state index contributed by atoms with van der Waals surface area (Å²) in [5.74, 6) is 0. The molecule has 0 fully saturated rings. The molecule has 0 heterocycles. The smallest absolute Gasteiger partial charge is 0.103 e.